The number of aromatic nitrogens is 3. The maximum absolute atomic E-state index is 12.9. The third-order valence-electron chi connectivity index (χ3n) is 7.20. The van der Waals surface area contributed by atoms with Crippen molar-refractivity contribution in [3.8, 4) is 0 Å². The summed E-state index contributed by atoms with van der Waals surface area (Å²) in [5.74, 6) is 0. The maximum atomic E-state index is 12.9. The number of rotatable bonds is 8. The standard InChI is InChI=1S/C29H28N4O4/c1-35-19-24-25-17-32-26(18-33(25)31-30-24)27(37-28(32)34)20-36-29(21-11-5-2-6-12-21,22-13-7-3-8-14-22)23-15-9-4-10-16-23/h2-16,26-27H,17-20H2,1H3/t26-,27-/m1/s1. The molecule has 0 radical (unpaired) electrons. The zero-order chi connectivity index (χ0) is 25.2. The van der Waals surface area contributed by atoms with Crippen LogP contribution in [0.25, 0.3) is 0 Å². The van der Waals surface area contributed by atoms with Crippen molar-refractivity contribution in [2.24, 2.45) is 0 Å². The summed E-state index contributed by atoms with van der Waals surface area (Å²) < 4.78 is 19.9. The maximum Gasteiger partial charge on any atom is 0.411 e. The lowest BCUT2D eigenvalue weighted by Crippen LogP contribution is -2.46. The molecule has 1 aromatic heterocycles. The fourth-order valence-corrected chi connectivity index (χ4v) is 5.41. The molecule has 3 heterocycles. The van der Waals surface area contributed by atoms with E-state index in [1.165, 1.54) is 0 Å². The number of ether oxygens (including phenoxy) is 3. The molecule has 1 amide bonds. The van der Waals surface area contributed by atoms with Crippen molar-refractivity contribution in [2.75, 3.05) is 13.7 Å². The number of hydrogen-bond donors (Lipinski definition) is 0. The van der Waals surface area contributed by atoms with Crippen LogP contribution in [0.4, 0.5) is 4.79 Å². The lowest BCUT2D eigenvalue weighted by molar-refractivity contribution is -0.0400. The molecule has 0 spiro atoms. The number of cyclic esters (lactones) is 1. The number of carbonyl (C=O) groups is 1. The molecule has 37 heavy (non-hydrogen) atoms. The van der Waals surface area contributed by atoms with Crippen molar-refractivity contribution < 1.29 is 19.0 Å². The van der Waals surface area contributed by atoms with Crippen LogP contribution >= 0.6 is 0 Å². The number of fused-ring (bicyclic) bond motifs is 2. The summed E-state index contributed by atoms with van der Waals surface area (Å²) in [7, 11) is 1.62. The molecule has 1 fully saturated rings. The van der Waals surface area contributed by atoms with Crippen molar-refractivity contribution in [3.63, 3.8) is 0 Å². The molecule has 1 saturated heterocycles. The number of benzene rings is 3. The van der Waals surface area contributed by atoms with Gasteiger partial charge in [0.05, 0.1) is 38.0 Å². The van der Waals surface area contributed by atoms with Gasteiger partial charge in [0.1, 0.15) is 17.4 Å². The predicted octanol–water partition coefficient (Wildman–Crippen LogP) is 4.14. The summed E-state index contributed by atoms with van der Waals surface area (Å²) in [6.07, 6.45) is -0.814. The lowest BCUT2D eigenvalue weighted by Gasteiger charge is -2.37. The van der Waals surface area contributed by atoms with Crippen molar-refractivity contribution in [2.45, 2.75) is 37.4 Å². The summed E-state index contributed by atoms with van der Waals surface area (Å²) in [6.45, 7) is 1.43. The smallest absolute Gasteiger partial charge is 0.411 e. The fraction of sp³-hybridized carbons (Fsp3) is 0.276. The minimum Gasteiger partial charge on any atom is -0.441 e. The monoisotopic (exact) mass is 496 g/mol. The Morgan fingerprint density at radius 2 is 1.49 bits per heavy atom. The Labute approximate surface area is 215 Å². The Bertz CT molecular complexity index is 1260. The van der Waals surface area contributed by atoms with Gasteiger partial charge in [0.15, 0.2) is 0 Å². The second-order valence-corrected chi connectivity index (χ2v) is 9.31. The zero-order valence-electron chi connectivity index (χ0n) is 20.6. The Morgan fingerprint density at radius 1 is 0.919 bits per heavy atom. The Hall–Kier alpha value is -4.01. The first-order valence-corrected chi connectivity index (χ1v) is 12.4. The van der Waals surface area contributed by atoms with Crippen LogP contribution in [-0.4, -0.2) is 51.8 Å². The van der Waals surface area contributed by atoms with E-state index >= 15 is 0 Å². The zero-order valence-corrected chi connectivity index (χ0v) is 20.6. The average molecular weight is 497 g/mol. The van der Waals surface area contributed by atoms with Gasteiger partial charge >= 0.3 is 6.09 Å². The summed E-state index contributed by atoms with van der Waals surface area (Å²) >= 11 is 0. The van der Waals surface area contributed by atoms with Gasteiger partial charge in [-0.3, -0.25) is 4.90 Å². The van der Waals surface area contributed by atoms with Crippen LogP contribution in [0.5, 0.6) is 0 Å². The third-order valence-corrected chi connectivity index (χ3v) is 7.20. The largest absolute Gasteiger partial charge is 0.441 e. The van der Waals surface area contributed by atoms with E-state index in [-0.39, 0.29) is 18.7 Å². The van der Waals surface area contributed by atoms with Gasteiger partial charge in [-0.15, -0.1) is 5.10 Å². The van der Waals surface area contributed by atoms with Gasteiger partial charge in [-0.25, -0.2) is 9.48 Å². The van der Waals surface area contributed by atoms with E-state index < -0.39 is 11.7 Å². The highest BCUT2D eigenvalue weighted by Crippen LogP contribution is 2.41. The second-order valence-electron chi connectivity index (χ2n) is 9.31. The van der Waals surface area contributed by atoms with Crippen LogP contribution in [-0.2, 0) is 39.5 Å². The van der Waals surface area contributed by atoms with Crippen molar-refractivity contribution >= 4 is 6.09 Å². The first-order chi connectivity index (χ1) is 18.2. The topological polar surface area (TPSA) is 78.7 Å². The van der Waals surface area contributed by atoms with E-state index in [0.29, 0.717) is 19.7 Å². The van der Waals surface area contributed by atoms with Gasteiger partial charge in [0.25, 0.3) is 0 Å². The number of methoxy groups -OCH3 is 1. The molecule has 0 aliphatic carbocycles. The Balaban J connectivity index is 1.36. The predicted molar refractivity (Wildman–Crippen MR) is 135 cm³/mol. The average Bonchev–Trinajstić information content (AvgIpc) is 3.49. The molecular formula is C29H28N4O4. The van der Waals surface area contributed by atoms with E-state index in [2.05, 4.69) is 46.7 Å². The van der Waals surface area contributed by atoms with E-state index in [4.69, 9.17) is 14.2 Å². The highest BCUT2D eigenvalue weighted by Gasteiger charge is 2.47. The van der Waals surface area contributed by atoms with Gasteiger partial charge < -0.3 is 14.2 Å². The molecule has 188 valence electrons. The van der Waals surface area contributed by atoms with E-state index in [1.54, 1.807) is 12.0 Å². The van der Waals surface area contributed by atoms with Crippen molar-refractivity contribution in [1.82, 2.24) is 19.9 Å². The third kappa shape index (κ3) is 4.08. The lowest BCUT2D eigenvalue weighted by atomic mass is 9.80. The highest BCUT2D eigenvalue weighted by molar-refractivity contribution is 5.71. The van der Waals surface area contributed by atoms with Gasteiger partial charge in [0.2, 0.25) is 0 Å². The second kappa shape index (κ2) is 9.80. The van der Waals surface area contributed by atoms with Crippen LogP contribution in [0.3, 0.4) is 0 Å². The molecule has 0 N–H and O–H groups in total. The number of carbonyl (C=O) groups excluding carboxylic acids is 1. The van der Waals surface area contributed by atoms with Crippen molar-refractivity contribution in [3.05, 3.63) is 119 Å². The van der Waals surface area contributed by atoms with Gasteiger partial charge in [-0.2, -0.15) is 0 Å². The quantitative estimate of drug-likeness (QED) is 0.341. The van der Waals surface area contributed by atoms with E-state index in [9.17, 15) is 4.79 Å². The minimum absolute atomic E-state index is 0.209. The first-order valence-electron chi connectivity index (χ1n) is 12.4. The fourth-order valence-electron chi connectivity index (χ4n) is 5.41. The summed E-state index contributed by atoms with van der Waals surface area (Å²) in [5, 5.41) is 8.55. The molecule has 8 heteroatoms. The van der Waals surface area contributed by atoms with Crippen LogP contribution in [0, 0.1) is 0 Å². The molecule has 2 aliphatic heterocycles. The summed E-state index contributed by atoms with van der Waals surface area (Å²) in [5.41, 5.74) is 3.73. The molecular weight excluding hydrogens is 468 g/mol. The molecule has 8 nitrogen and oxygen atoms in total. The minimum atomic E-state index is -0.887. The van der Waals surface area contributed by atoms with Crippen molar-refractivity contribution in [1.29, 1.82) is 0 Å². The van der Waals surface area contributed by atoms with E-state index in [0.717, 1.165) is 28.1 Å². The normalized spacial score (nSPS) is 18.8. The van der Waals surface area contributed by atoms with E-state index in [1.807, 2.05) is 59.3 Å². The molecule has 0 unspecified atom stereocenters. The molecule has 4 aromatic rings. The molecule has 0 bridgehead atoms. The molecule has 2 aliphatic rings. The van der Waals surface area contributed by atoms with Gasteiger partial charge in [0, 0.05) is 7.11 Å². The van der Waals surface area contributed by atoms with Gasteiger partial charge in [-0.1, -0.05) is 96.2 Å². The van der Waals surface area contributed by atoms with Crippen LogP contribution in [0.1, 0.15) is 28.1 Å². The van der Waals surface area contributed by atoms with Crippen LogP contribution < -0.4 is 0 Å². The molecule has 0 saturated carbocycles. The number of nitrogens with zero attached hydrogens (tertiary/aromatic N) is 4. The molecule has 2 atom stereocenters. The Kier molecular flexibility index (Phi) is 6.20. The summed E-state index contributed by atoms with van der Waals surface area (Å²) in [4.78, 5) is 14.7. The SMILES string of the molecule is COCc1nnn2c1CN1C(=O)O[C@H](COC(c3ccccc3)(c3ccccc3)c3ccccc3)[C@H]1C2. The molecule has 3 aromatic carbocycles. The van der Waals surface area contributed by atoms with Gasteiger partial charge in [-0.05, 0) is 16.7 Å². The first kappa shape index (κ1) is 23.4. The molecule has 6 rings (SSSR count). The highest BCUT2D eigenvalue weighted by atomic mass is 16.6. The number of hydrogen-bond acceptors (Lipinski definition) is 6. The Morgan fingerprint density at radius 3 is 2.03 bits per heavy atom. The summed E-state index contributed by atoms with van der Waals surface area (Å²) in [6, 6.07) is 30.3. The van der Waals surface area contributed by atoms with Crippen LogP contribution in [0.15, 0.2) is 91.0 Å². The number of amides is 1. The van der Waals surface area contributed by atoms with Crippen LogP contribution in [0.2, 0.25) is 0 Å².